The van der Waals surface area contributed by atoms with Crippen molar-refractivity contribution in [1.82, 2.24) is 0 Å². The summed E-state index contributed by atoms with van der Waals surface area (Å²) in [4.78, 5) is 22.9. The van der Waals surface area contributed by atoms with E-state index in [0.717, 1.165) is 6.07 Å². The van der Waals surface area contributed by atoms with E-state index in [0.29, 0.717) is 21.4 Å². The predicted molar refractivity (Wildman–Crippen MR) is 116 cm³/mol. The molecule has 0 atom stereocenters. The van der Waals surface area contributed by atoms with Crippen LogP contribution in [-0.2, 0) is 4.79 Å². The normalized spacial score (nSPS) is 11.0. The van der Waals surface area contributed by atoms with Crippen LogP contribution in [0, 0.1) is 21.4 Å². The molecule has 0 fully saturated rings. The van der Waals surface area contributed by atoms with Crippen LogP contribution in [-0.4, -0.2) is 17.9 Å². The van der Waals surface area contributed by atoms with Crippen LogP contribution in [0.15, 0.2) is 58.5 Å². The van der Waals surface area contributed by atoms with Crippen molar-refractivity contribution in [2.24, 2.45) is 0 Å². The molecule has 0 unspecified atom stereocenters. The molecule has 0 saturated heterocycles. The van der Waals surface area contributed by atoms with Gasteiger partial charge < -0.3 is 14.5 Å². The molecule has 2 aromatic carbocycles. The molecular formula is C21H13Cl2N3O5. The Morgan fingerprint density at radius 3 is 2.61 bits per heavy atom. The van der Waals surface area contributed by atoms with Gasteiger partial charge in [0.1, 0.15) is 28.9 Å². The van der Waals surface area contributed by atoms with Crippen molar-refractivity contribution in [2.45, 2.75) is 0 Å². The molecule has 3 rings (SSSR count). The average molecular weight is 458 g/mol. The van der Waals surface area contributed by atoms with Crippen LogP contribution < -0.4 is 10.1 Å². The molecule has 156 valence electrons. The van der Waals surface area contributed by atoms with E-state index in [2.05, 4.69) is 5.32 Å². The van der Waals surface area contributed by atoms with Crippen molar-refractivity contribution in [3.05, 3.63) is 80.0 Å². The van der Waals surface area contributed by atoms with E-state index >= 15 is 0 Å². The highest BCUT2D eigenvalue weighted by Gasteiger charge is 2.17. The lowest BCUT2D eigenvalue weighted by Gasteiger charge is -2.09. The minimum atomic E-state index is -0.784. The summed E-state index contributed by atoms with van der Waals surface area (Å²) in [6.07, 6.45) is 1.25. The Morgan fingerprint density at radius 1 is 1.19 bits per heavy atom. The summed E-state index contributed by atoms with van der Waals surface area (Å²) in [7, 11) is 1.35. The number of hydrogen-bond acceptors (Lipinski definition) is 6. The van der Waals surface area contributed by atoms with E-state index in [4.69, 9.17) is 32.4 Å². The number of carbonyl (C=O) groups is 1. The zero-order valence-electron chi connectivity index (χ0n) is 15.9. The van der Waals surface area contributed by atoms with Crippen molar-refractivity contribution >= 4 is 46.6 Å². The van der Waals surface area contributed by atoms with Gasteiger partial charge in [0.05, 0.1) is 27.8 Å². The number of carbonyl (C=O) groups excluding carboxylic acids is 1. The minimum Gasteiger partial charge on any atom is -0.495 e. The lowest BCUT2D eigenvalue weighted by molar-refractivity contribution is -0.384. The smallest absolute Gasteiger partial charge is 0.271 e. The van der Waals surface area contributed by atoms with Crippen LogP contribution in [0.25, 0.3) is 17.4 Å². The number of hydrogen-bond donors (Lipinski definition) is 1. The Morgan fingerprint density at radius 2 is 1.97 bits per heavy atom. The number of amides is 1. The summed E-state index contributed by atoms with van der Waals surface area (Å²) in [5.41, 5.74) is 0.205. The Bertz CT molecular complexity index is 1240. The van der Waals surface area contributed by atoms with Crippen molar-refractivity contribution in [3.63, 3.8) is 0 Å². The highest BCUT2D eigenvalue weighted by molar-refractivity contribution is 6.42. The predicted octanol–water partition coefficient (Wildman–Crippen LogP) is 5.72. The molecule has 31 heavy (non-hydrogen) atoms. The SMILES string of the molecule is COc1ccc([N+](=O)[O-])cc1NC(=O)C(C#N)=Cc1ccc(-c2ccc(Cl)c(Cl)c2)o1. The number of methoxy groups -OCH3 is 1. The van der Waals surface area contributed by atoms with Crippen molar-refractivity contribution in [2.75, 3.05) is 12.4 Å². The van der Waals surface area contributed by atoms with Gasteiger partial charge in [-0.25, -0.2) is 0 Å². The van der Waals surface area contributed by atoms with Gasteiger partial charge in [-0.05, 0) is 36.4 Å². The topological polar surface area (TPSA) is 118 Å². The number of furan rings is 1. The quantitative estimate of drug-likeness (QED) is 0.219. The van der Waals surface area contributed by atoms with Gasteiger partial charge in [-0.2, -0.15) is 5.26 Å². The second-order valence-corrected chi connectivity index (χ2v) is 6.91. The highest BCUT2D eigenvalue weighted by atomic mass is 35.5. The van der Waals surface area contributed by atoms with E-state index in [1.165, 1.54) is 25.3 Å². The fourth-order valence-electron chi connectivity index (χ4n) is 2.62. The zero-order valence-corrected chi connectivity index (χ0v) is 17.4. The number of non-ortho nitro benzene ring substituents is 1. The Kier molecular flexibility index (Phi) is 6.60. The van der Waals surface area contributed by atoms with E-state index in [1.54, 1.807) is 36.4 Å². The molecule has 1 aromatic heterocycles. The molecule has 0 aliphatic rings. The van der Waals surface area contributed by atoms with Crippen molar-refractivity contribution < 1.29 is 18.9 Å². The molecule has 8 nitrogen and oxygen atoms in total. The summed E-state index contributed by atoms with van der Waals surface area (Å²) < 4.78 is 10.8. The number of nitriles is 1. The molecule has 0 aliphatic carbocycles. The molecule has 0 bridgehead atoms. The third-order valence-electron chi connectivity index (χ3n) is 4.12. The van der Waals surface area contributed by atoms with Gasteiger partial charge >= 0.3 is 0 Å². The van der Waals surface area contributed by atoms with Gasteiger partial charge in [-0.1, -0.05) is 23.2 Å². The Hall–Kier alpha value is -3.80. The van der Waals surface area contributed by atoms with Gasteiger partial charge in [0, 0.05) is 23.8 Å². The molecule has 0 radical (unpaired) electrons. The fourth-order valence-corrected chi connectivity index (χ4v) is 2.92. The van der Waals surface area contributed by atoms with Crippen LogP contribution in [0.1, 0.15) is 5.76 Å². The van der Waals surface area contributed by atoms with Gasteiger partial charge in [0.15, 0.2) is 0 Å². The van der Waals surface area contributed by atoms with Crippen molar-refractivity contribution in [1.29, 1.82) is 5.26 Å². The van der Waals surface area contributed by atoms with E-state index < -0.39 is 10.8 Å². The average Bonchev–Trinajstić information content (AvgIpc) is 3.22. The number of nitro benzene ring substituents is 1. The Balaban J connectivity index is 1.86. The second-order valence-electron chi connectivity index (χ2n) is 6.10. The number of nitro groups is 1. The number of rotatable bonds is 6. The summed E-state index contributed by atoms with van der Waals surface area (Å²) in [6.45, 7) is 0. The molecule has 0 saturated carbocycles. The lowest BCUT2D eigenvalue weighted by Crippen LogP contribution is -2.14. The molecule has 0 aliphatic heterocycles. The van der Waals surface area contributed by atoms with Crippen LogP contribution in [0.3, 0.4) is 0 Å². The summed E-state index contributed by atoms with van der Waals surface area (Å²) >= 11 is 11.9. The first-order chi connectivity index (χ1) is 14.8. The van der Waals surface area contributed by atoms with Gasteiger partial charge in [-0.15, -0.1) is 0 Å². The molecule has 1 heterocycles. The number of halogens is 2. The van der Waals surface area contributed by atoms with E-state index in [9.17, 15) is 20.2 Å². The Labute approximate surface area is 186 Å². The molecule has 3 aromatic rings. The van der Waals surface area contributed by atoms with Crippen LogP contribution >= 0.6 is 23.2 Å². The fraction of sp³-hybridized carbons (Fsp3) is 0.0476. The van der Waals surface area contributed by atoms with Crippen LogP contribution in [0.4, 0.5) is 11.4 Å². The number of ether oxygens (including phenoxy) is 1. The molecule has 1 N–H and O–H groups in total. The van der Waals surface area contributed by atoms with Gasteiger partial charge in [0.25, 0.3) is 11.6 Å². The first-order valence-corrected chi connectivity index (χ1v) is 9.39. The number of nitrogens with zero attached hydrogens (tertiary/aromatic N) is 2. The third-order valence-corrected chi connectivity index (χ3v) is 4.86. The van der Waals surface area contributed by atoms with Crippen molar-refractivity contribution in [3.8, 4) is 23.1 Å². The first kappa shape index (κ1) is 21.9. The molecule has 10 heteroatoms. The maximum atomic E-state index is 12.6. The van der Waals surface area contributed by atoms with Gasteiger partial charge in [0.2, 0.25) is 0 Å². The minimum absolute atomic E-state index is 0.0544. The van der Waals surface area contributed by atoms with E-state index in [-0.39, 0.29) is 28.5 Å². The molecule has 0 spiro atoms. The zero-order chi connectivity index (χ0) is 22.5. The number of anilines is 1. The largest absolute Gasteiger partial charge is 0.495 e. The second kappa shape index (κ2) is 9.34. The standard InChI is InChI=1S/C21H13Cl2N3O5/c1-30-20-6-3-14(26(28)29)10-18(20)25-21(27)13(11-24)8-15-4-7-19(31-15)12-2-5-16(22)17(23)9-12/h2-10H,1H3,(H,25,27). The summed E-state index contributed by atoms with van der Waals surface area (Å²) in [6, 6.07) is 13.7. The maximum absolute atomic E-state index is 12.6. The summed E-state index contributed by atoms with van der Waals surface area (Å²) in [5, 5.41) is 23.6. The number of benzene rings is 2. The number of nitrogens with one attached hydrogen (secondary N) is 1. The lowest BCUT2D eigenvalue weighted by atomic mass is 10.2. The van der Waals surface area contributed by atoms with Gasteiger partial charge in [-0.3, -0.25) is 14.9 Å². The maximum Gasteiger partial charge on any atom is 0.271 e. The van der Waals surface area contributed by atoms with E-state index in [1.807, 2.05) is 0 Å². The molecule has 1 amide bonds. The van der Waals surface area contributed by atoms with Crippen LogP contribution in [0.2, 0.25) is 10.0 Å². The molecular weight excluding hydrogens is 445 g/mol. The third kappa shape index (κ3) is 5.04. The first-order valence-electron chi connectivity index (χ1n) is 8.63. The summed E-state index contributed by atoms with van der Waals surface area (Å²) in [5.74, 6) is 0.131. The highest BCUT2D eigenvalue weighted by Crippen LogP contribution is 2.31. The monoisotopic (exact) mass is 457 g/mol. The van der Waals surface area contributed by atoms with Crippen LogP contribution in [0.5, 0.6) is 5.75 Å².